The fraction of sp³-hybridized carbons (Fsp3) is 0.353. The van der Waals surface area contributed by atoms with Crippen LogP contribution in [0.5, 0.6) is 5.88 Å². The Bertz CT molecular complexity index is 839. The van der Waals surface area contributed by atoms with Gasteiger partial charge in [-0.15, -0.1) is 0 Å². The fourth-order valence-electron chi connectivity index (χ4n) is 2.79. The van der Waals surface area contributed by atoms with Crippen LogP contribution in [0.4, 0.5) is 19.0 Å². The zero-order valence-corrected chi connectivity index (χ0v) is 14.3. The molecule has 3 rings (SSSR count). The van der Waals surface area contributed by atoms with Crippen LogP contribution in [0.2, 0.25) is 0 Å². The van der Waals surface area contributed by atoms with Gasteiger partial charge in [-0.25, -0.2) is 18.2 Å². The smallest absolute Gasteiger partial charge is 0.257 e. The van der Waals surface area contributed by atoms with Crippen LogP contribution in [0, 0.1) is 24.4 Å². The van der Waals surface area contributed by atoms with E-state index < -0.39 is 28.9 Å². The molecule has 1 aromatic heterocycles. The van der Waals surface area contributed by atoms with Gasteiger partial charge in [-0.3, -0.25) is 4.79 Å². The lowest BCUT2D eigenvalue weighted by molar-refractivity contribution is 0.0740. The number of nitrogens with zero attached hydrogens (tertiary/aromatic N) is 4. The van der Waals surface area contributed by atoms with Gasteiger partial charge in [0.2, 0.25) is 5.88 Å². The van der Waals surface area contributed by atoms with Gasteiger partial charge in [-0.2, -0.15) is 4.98 Å². The van der Waals surface area contributed by atoms with Gasteiger partial charge in [0.15, 0.2) is 17.5 Å². The number of methoxy groups -OCH3 is 1. The third kappa shape index (κ3) is 3.42. The van der Waals surface area contributed by atoms with Crippen LogP contribution in [0.1, 0.15) is 16.2 Å². The number of amides is 1. The first kappa shape index (κ1) is 18.0. The Morgan fingerprint density at radius 2 is 1.77 bits per heavy atom. The number of rotatable bonds is 3. The highest BCUT2D eigenvalue weighted by atomic mass is 19.2. The molecule has 0 radical (unpaired) electrons. The summed E-state index contributed by atoms with van der Waals surface area (Å²) in [6, 6.07) is 3.40. The lowest BCUT2D eigenvalue weighted by Crippen LogP contribution is -2.49. The lowest BCUT2D eigenvalue weighted by Gasteiger charge is -2.35. The van der Waals surface area contributed by atoms with Crippen molar-refractivity contribution in [2.75, 3.05) is 38.2 Å². The molecule has 0 aliphatic carbocycles. The number of aryl methyl sites for hydroxylation is 1. The number of anilines is 1. The van der Waals surface area contributed by atoms with Crippen LogP contribution in [-0.4, -0.2) is 54.1 Å². The van der Waals surface area contributed by atoms with E-state index in [1.807, 2.05) is 4.90 Å². The quantitative estimate of drug-likeness (QED) is 0.780. The maximum atomic E-state index is 13.8. The molecule has 6 nitrogen and oxygen atoms in total. The Balaban J connectivity index is 1.72. The second-order valence-electron chi connectivity index (χ2n) is 5.82. The van der Waals surface area contributed by atoms with Crippen LogP contribution < -0.4 is 9.64 Å². The molecule has 0 atom stereocenters. The van der Waals surface area contributed by atoms with Crippen molar-refractivity contribution >= 4 is 11.7 Å². The molecule has 0 saturated carbocycles. The molecular weight excluding hydrogens is 349 g/mol. The molecule has 2 aromatic rings. The molecule has 1 aliphatic heterocycles. The number of hydrogen-bond donors (Lipinski definition) is 0. The molecule has 138 valence electrons. The summed E-state index contributed by atoms with van der Waals surface area (Å²) in [6.07, 6.45) is 0. The van der Waals surface area contributed by atoms with E-state index in [-0.39, 0.29) is 0 Å². The van der Waals surface area contributed by atoms with E-state index in [4.69, 9.17) is 4.74 Å². The summed E-state index contributed by atoms with van der Waals surface area (Å²) < 4.78 is 45.3. The molecule has 2 heterocycles. The molecular formula is C17H17F3N4O2. The van der Waals surface area contributed by atoms with Crippen molar-refractivity contribution in [3.63, 3.8) is 0 Å². The van der Waals surface area contributed by atoms with Gasteiger partial charge in [-0.05, 0) is 19.1 Å². The van der Waals surface area contributed by atoms with Gasteiger partial charge < -0.3 is 14.5 Å². The highest BCUT2D eigenvalue weighted by Crippen LogP contribution is 2.21. The fourth-order valence-corrected chi connectivity index (χ4v) is 2.79. The first-order valence-electron chi connectivity index (χ1n) is 7.98. The van der Waals surface area contributed by atoms with Gasteiger partial charge >= 0.3 is 0 Å². The number of hydrogen-bond acceptors (Lipinski definition) is 5. The Labute approximate surface area is 148 Å². The lowest BCUT2D eigenvalue weighted by atomic mass is 10.1. The Hall–Kier alpha value is -2.84. The molecule has 9 heteroatoms. The van der Waals surface area contributed by atoms with Gasteiger partial charge in [0.25, 0.3) is 5.91 Å². The van der Waals surface area contributed by atoms with Gasteiger partial charge in [0, 0.05) is 32.2 Å². The number of aromatic nitrogens is 2. The zero-order chi connectivity index (χ0) is 18.8. The number of benzene rings is 1. The summed E-state index contributed by atoms with van der Waals surface area (Å²) in [4.78, 5) is 24.2. The minimum absolute atomic E-state index is 0.294. The summed E-state index contributed by atoms with van der Waals surface area (Å²) >= 11 is 0. The van der Waals surface area contributed by atoms with E-state index in [0.717, 1.165) is 12.1 Å². The molecule has 0 unspecified atom stereocenters. The maximum Gasteiger partial charge on any atom is 0.257 e. The first-order valence-corrected chi connectivity index (χ1v) is 7.98. The number of halogens is 3. The predicted octanol–water partition coefficient (Wildman–Crippen LogP) is 2.17. The van der Waals surface area contributed by atoms with Gasteiger partial charge in [0.1, 0.15) is 11.6 Å². The number of piperazine rings is 1. The zero-order valence-electron chi connectivity index (χ0n) is 14.3. The molecule has 1 aliphatic rings. The largest absolute Gasteiger partial charge is 0.481 e. The minimum Gasteiger partial charge on any atom is -0.481 e. The van der Waals surface area contributed by atoms with Crippen molar-refractivity contribution in [2.45, 2.75) is 6.92 Å². The summed E-state index contributed by atoms with van der Waals surface area (Å²) in [5.41, 5.74) is -0.475. The van der Waals surface area contributed by atoms with E-state index in [1.54, 1.807) is 13.0 Å². The van der Waals surface area contributed by atoms with Crippen molar-refractivity contribution < 1.29 is 22.7 Å². The molecule has 1 fully saturated rings. The molecule has 1 amide bonds. The van der Waals surface area contributed by atoms with Crippen molar-refractivity contribution in [1.29, 1.82) is 0 Å². The van der Waals surface area contributed by atoms with Crippen molar-refractivity contribution in [2.24, 2.45) is 0 Å². The molecule has 0 spiro atoms. The summed E-state index contributed by atoms with van der Waals surface area (Å²) in [5.74, 6) is -3.43. The van der Waals surface area contributed by atoms with Crippen LogP contribution >= 0.6 is 0 Å². The molecule has 1 aromatic carbocycles. The van der Waals surface area contributed by atoms with Gasteiger partial charge in [0.05, 0.1) is 12.7 Å². The number of carbonyl (C=O) groups excluding carboxylic acids is 1. The molecule has 0 bridgehead atoms. The highest BCUT2D eigenvalue weighted by molar-refractivity contribution is 5.94. The number of ether oxygens (including phenoxy) is 1. The number of carbonyl (C=O) groups is 1. The van der Waals surface area contributed by atoms with Crippen LogP contribution in [0.25, 0.3) is 0 Å². The van der Waals surface area contributed by atoms with Crippen LogP contribution in [-0.2, 0) is 0 Å². The third-order valence-electron chi connectivity index (χ3n) is 4.17. The van der Waals surface area contributed by atoms with Crippen LogP contribution in [0.3, 0.4) is 0 Å². The Morgan fingerprint density at radius 1 is 1.08 bits per heavy atom. The summed E-state index contributed by atoms with van der Waals surface area (Å²) in [6.45, 7) is 3.25. The Kier molecular flexibility index (Phi) is 4.97. The van der Waals surface area contributed by atoms with E-state index in [0.29, 0.717) is 43.7 Å². The van der Waals surface area contributed by atoms with E-state index >= 15 is 0 Å². The van der Waals surface area contributed by atoms with E-state index in [9.17, 15) is 18.0 Å². The first-order chi connectivity index (χ1) is 12.4. The average molecular weight is 366 g/mol. The minimum atomic E-state index is -1.64. The SMILES string of the molecule is COc1cc(N2CCN(C(=O)c3ccc(F)c(F)c3F)CC2)nc(C)n1. The van der Waals surface area contributed by atoms with E-state index in [1.165, 1.54) is 12.0 Å². The maximum absolute atomic E-state index is 13.8. The van der Waals surface area contributed by atoms with E-state index in [2.05, 4.69) is 9.97 Å². The third-order valence-corrected chi connectivity index (χ3v) is 4.17. The summed E-state index contributed by atoms with van der Waals surface area (Å²) in [7, 11) is 1.51. The Morgan fingerprint density at radius 3 is 2.42 bits per heavy atom. The second-order valence-corrected chi connectivity index (χ2v) is 5.82. The average Bonchev–Trinajstić information content (AvgIpc) is 2.65. The predicted molar refractivity (Wildman–Crippen MR) is 87.8 cm³/mol. The van der Waals surface area contributed by atoms with Crippen molar-refractivity contribution in [3.05, 3.63) is 47.0 Å². The normalized spacial score (nSPS) is 14.5. The van der Waals surface area contributed by atoms with Crippen molar-refractivity contribution in [1.82, 2.24) is 14.9 Å². The monoisotopic (exact) mass is 366 g/mol. The molecule has 26 heavy (non-hydrogen) atoms. The molecule has 0 N–H and O–H groups in total. The second kappa shape index (κ2) is 7.19. The van der Waals surface area contributed by atoms with Gasteiger partial charge in [-0.1, -0.05) is 0 Å². The topological polar surface area (TPSA) is 58.6 Å². The summed E-state index contributed by atoms with van der Waals surface area (Å²) in [5, 5.41) is 0. The van der Waals surface area contributed by atoms with Crippen molar-refractivity contribution in [3.8, 4) is 5.88 Å². The standard InChI is InChI=1S/C17H17F3N4O2/c1-10-21-13(9-14(22-10)26-2)23-5-7-24(8-6-23)17(25)11-3-4-12(18)16(20)15(11)19/h3-4,9H,5-8H2,1-2H3. The highest BCUT2D eigenvalue weighted by Gasteiger charge is 2.27. The van der Waals surface area contributed by atoms with Crippen LogP contribution in [0.15, 0.2) is 18.2 Å². The molecule has 1 saturated heterocycles.